The lowest BCUT2D eigenvalue weighted by Gasteiger charge is -2.27. The SMILES string of the molecule is COc1cccc2nc(C3CCCN(C)C3)nn12. The summed E-state index contributed by atoms with van der Waals surface area (Å²) in [5, 5.41) is 4.60. The number of fused-ring (bicyclic) bond motifs is 1. The Kier molecular flexibility index (Phi) is 2.91. The van der Waals surface area contributed by atoms with Gasteiger partial charge in [0.05, 0.1) is 7.11 Å². The van der Waals surface area contributed by atoms with Gasteiger partial charge in [0.15, 0.2) is 11.5 Å². The van der Waals surface area contributed by atoms with Crippen molar-refractivity contribution in [2.45, 2.75) is 18.8 Å². The molecule has 2 aromatic rings. The van der Waals surface area contributed by atoms with Crippen molar-refractivity contribution in [1.29, 1.82) is 0 Å². The predicted octanol–water partition coefficient (Wildman–Crippen LogP) is 1.55. The zero-order valence-corrected chi connectivity index (χ0v) is 10.8. The Morgan fingerprint density at radius 1 is 1.39 bits per heavy atom. The molecule has 2 aromatic heterocycles. The maximum atomic E-state index is 5.30. The summed E-state index contributed by atoms with van der Waals surface area (Å²) in [7, 11) is 3.81. The van der Waals surface area contributed by atoms with Gasteiger partial charge in [0.2, 0.25) is 5.88 Å². The third-order valence-corrected chi connectivity index (χ3v) is 3.54. The second-order valence-electron chi connectivity index (χ2n) is 4.91. The van der Waals surface area contributed by atoms with Crippen LogP contribution < -0.4 is 4.74 Å². The lowest BCUT2D eigenvalue weighted by Crippen LogP contribution is -2.31. The van der Waals surface area contributed by atoms with Crippen molar-refractivity contribution < 1.29 is 4.74 Å². The second-order valence-corrected chi connectivity index (χ2v) is 4.91. The van der Waals surface area contributed by atoms with E-state index in [4.69, 9.17) is 4.74 Å². The van der Waals surface area contributed by atoms with Crippen molar-refractivity contribution in [2.75, 3.05) is 27.2 Å². The maximum Gasteiger partial charge on any atom is 0.216 e. The number of hydrogen-bond acceptors (Lipinski definition) is 4. The minimum Gasteiger partial charge on any atom is -0.481 e. The van der Waals surface area contributed by atoms with Gasteiger partial charge in [-0.15, -0.1) is 5.10 Å². The topological polar surface area (TPSA) is 42.7 Å². The number of likely N-dealkylation sites (tertiary alicyclic amines) is 1. The van der Waals surface area contributed by atoms with E-state index in [1.807, 2.05) is 18.2 Å². The number of pyridine rings is 1. The highest BCUT2D eigenvalue weighted by Gasteiger charge is 2.23. The number of aromatic nitrogens is 3. The van der Waals surface area contributed by atoms with Gasteiger partial charge in [-0.25, -0.2) is 4.98 Å². The number of ether oxygens (including phenoxy) is 1. The molecule has 0 aliphatic carbocycles. The summed E-state index contributed by atoms with van der Waals surface area (Å²) in [4.78, 5) is 6.97. The first-order valence-corrected chi connectivity index (χ1v) is 6.36. The van der Waals surface area contributed by atoms with Crippen molar-refractivity contribution >= 4 is 5.65 Å². The fourth-order valence-corrected chi connectivity index (χ4v) is 2.60. The van der Waals surface area contributed by atoms with Gasteiger partial charge in [-0.05, 0) is 32.5 Å². The molecule has 1 saturated heterocycles. The molecule has 3 heterocycles. The van der Waals surface area contributed by atoms with Crippen molar-refractivity contribution in [2.24, 2.45) is 0 Å². The molecule has 0 aromatic carbocycles. The van der Waals surface area contributed by atoms with Crippen molar-refractivity contribution in [3.8, 4) is 5.88 Å². The van der Waals surface area contributed by atoms with Gasteiger partial charge >= 0.3 is 0 Å². The van der Waals surface area contributed by atoms with Crippen LogP contribution in [0.3, 0.4) is 0 Å². The average molecular weight is 246 g/mol. The van der Waals surface area contributed by atoms with Crippen molar-refractivity contribution in [3.63, 3.8) is 0 Å². The predicted molar refractivity (Wildman–Crippen MR) is 69.0 cm³/mol. The molecule has 0 bridgehead atoms. The third-order valence-electron chi connectivity index (χ3n) is 3.54. The Labute approximate surface area is 106 Å². The number of hydrogen-bond donors (Lipinski definition) is 0. The minimum absolute atomic E-state index is 0.438. The normalized spacial score (nSPS) is 21.3. The second kappa shape index (κ2) is 4.57. The van der Waals surface area contributed by atoms with Crippen LogP contribution in [0.5, 0.6) is 5.88 Å². The quantitative estimate of drug-likeness (QED) is 0.806. The number of likely N-dealkylation sites (N-methyl/N-ethyl adjacent to an activating group) is 1. The summed E-state index contributed by atoms with van der Waals surface area (Å²) in [5.74, 6) is 2.11. The van der Waals surface area contributed by atoms with Crippen LogP contribution in [0.25, 0.3) is 5.65 Å². The van der Waals surface area contributed by atoms with Crippen molar-refractivity contribution in [1.82, 2.24) is 19.5 Å². The summed E-state index contributed by atoms with van der Waals surface area (Å²) in [6.45, 7) is 2.21. The number of piperidine rings is 1. The molecular formula is C13H18N4O. The van der Waals surface area contributed by atoms with Gasteiger partial charge in [-0.1, -0.05) is 6.07 Å². The molecule has 96 valence electrons. The molecule has 1 aliphatic heterocycles. The van der Waals surface area contributed by atoms with E-state index in [1.165, 1.54) is 19.4 Å². The molecule has 3 rings (SSSR count). The molecule has 5 heteroatoms. The molecule has 0 saturated carbocycles. The number of rotatable bonds is 2. The van der Waals surface area contributed by atoms with E-state index < -0.39 is 0 Å². The summed E-state index contributed by atoms with van der Waals surface area (Å²) < 4.78 is 7.08. The van der Waals surface area contributed by atoms with Gasteiger partial charge < -0.3 is 9.64 Å². The Hall–Kier alpha value is -1.62. The van der Waals surface area contributed by atoms with Crippen LogP contribution in [0.15, 0.2) is 18.2 Å². The standard InChI is InChI=1S/C13H18N4O/c1-16-8-4-5-10(9-16)13-14-11-6-3-7-12(18-2)17(11)15-13/h3,6-7,10H,4-5,8-9H2,1-2H3. The first-order chi connectivity index (χ1) is 8.78. The smallest absolute Gasteiger partial charge is 0.216 e. The Balaban J connectivity index is 1.97. The first kappa shape index (κ1) is 11.5. The highest BCUT2D eigenvalue weighted by Crippen LogP contribution is 2.25. The molecule has 1 aliphatic rings. The molecule has 0 amide bonds. The van der Waals surface area contributed by atoms with Gasteiger partial charge in [0, 0.05) is 18.5 Å². The molecule has 0 spiro atoms. The summed E-state index contributed by atoms with van der Waals surface area (Å²) in [5.41, 5.74) is 0.859. The molecule has 5 nitrogen and oxygen atoms in total. The zero-order chi connectivity index (χ0) is 12.5. The van der Waals surface area contributed by atoms with Crippen LogP contribution in [0, 0.1) is 0 Å². The fraction of sp³-hybridized carbons (Fsp3) is 0.538. The monoisotopic (exact) mass is 246 g/mol. The fourth-order valence-electron chi connectivity index (χ4n) is 2.60. The van der Waals surface area contributed by atoms with E-state index in [0.717, 1.165) is 23.9 Å². The molecule has 1 atom stereocenters. The molecular weight excluding hydrogens is 228 g/mol. The van der Waals surface area contributed by atoms with Gasteiger partial charge in [0.1, 0.15) is 0 Å². The minimum atomic E-state index is 0.438. The average Bonchev–Trinajstić information content (AvgIpc) is 2.82. The Bertz CT molecular complexity index is 551. The van der Waals surface area contributed by atoms with Crippen LogP contribution in [-0.2, 0) is 0 Å². The van der Waals surface area contributed by atoms with E-state index >= 15 is 0 Å². The first-order valence-electron chi connectivity index (χ1n) is 6.36. The Morgan fingerprint density at radius 2 is 2.28 bits per heavy atom. The van der Waals surface area contributed by atoms with Crippen molar-refractivity contribution in [3.05, 3.63) is 24.0 Å². The number of nitrogens with zero attached hydrogens (tertiary/aromatic N) is 4. The lowest BCUT2D eigenvalue weighted by molar-refractivity contribution is 0.246. The molecule has 0 radical (unpaired) electrons. The Morgan fingerprint density at radius 3 is 3.06 bits per heavy atom. The van der Waals surface area contributed by atoms with E-state index in [-0.39, 0.29) is 0 Å². The largest absolute Gasteiger partial charge is 0.481 e. The van der Waals surface area contributed by atoms with Gasteiger partial charge in [-0.2, -0.15) is 4.52 Å². The van der Waals surface area contributed by atoms with Crippen LogP contribution in [0.2, 0.25) is 0 Å². The summed E-state index contributed by atoms with van der Waals surface area (Å²) in [6, 6.07) is 5.81. The lowest BCUT2D eigenvalue weighted by atomic mass is 9.98. The molecule has 1 unspecified atom stereocenters. The molecule has 18 heavy (non-hydrogen) atoms. The van der Waals surface area contributed by atoms with Crippen LogP contribution in [-0.4, -0.2) is 46.7 Å². The van der Waals surface area contributed by atoms with Crippen LogP contribution in [0.4, 0.5) is 0 Å². The maximum absolute atomic E-state index is 5.30. The van der Waals surface area contributed by atoms with E-state index in [1.54, 1.807) is 11.6 Å². The highest BCUT2D eigenvalue weighted by molar-refractivity contribution is 5.41. The number of methoxy groups -OCH3 is 1. The van der Waals surface area contributed by atoms with E-state index in [9.17, 15) is 0 Å². The van der Waals surface area contributed by atoms with Crippen LogP contribution in [0.1, 0.15) is 24.6 Å². The van der Waals surface area contributed by atoms with E-state index in [2.05, 4.69) is 22.0 Å². The molecule has 1 fully saturated rings. The van der Waals surface area contributed by atoms with Gasteiger partial charge in [-0.3, -0.25) is 0 Å². The molecule has 0 N–H and O–H groups in total. The van der Waals surface area contributed by atoms with Crippen LogP contribution >= 0.6 is 0 Å². The zero-order valence-electron chi connectivity index (χ0n) is 10.8. The third kappa shape index (κ3) is 1.95. The summed E-state index contributed by atoms with van der Waals surface area (Å²) >= 11 is 0. The van der Waals surface area contributed by atoms with Gasteiger partial charge in [0.25, 0.3) is 0 Å². The van der Waals surface area contributed by atoms with E-state index in [0.29, 0.717) is 5.92 Å². The highest BCUT2D eigenvalue weighted by atomic mass is 16.5. The summed E-state index contributed by atoms with van der Waals surface area (Å²) in [6.07, 6.45) is 2.39.